The van der Waals surface area contributed by atoms with Crippen LogP contribution in [0.15, 0.2) is 12.1 Å². The summed E-state index contributed by atoms with van der Waals surface area (Å²) in [5.74, 6) is 1.11. The van der Waals surface area contributed by atoms with Crippen LogP contribution in [-0.2, 0) is 4.79 Å². The summed E-state index contributed by atoms with van der Waals surface area (Å²) in [5, 5.41) is 0. The van der Waals surface area contributed by atoms with E-state index < -0.39 is 6.04 Å². The second kappa shape index (κ2) is 11.1. The Balaban J connectivity index is 0.00000420. The Labute approximate surface area is 178 Å². The summed E-state index contributed by atoms with van der Waals surface area (Å²) in [6.45, 7) is 5.80. The highest BCUT2D eigenvalue weighted by Crippen LogP contribution is 2.40. The fourth-order valence-corrected chi connectivity index (χ4v) is 3.28. The number of carbonyl (C=O) groups is 2. The number of methoxy groups -OCH3 is 3. The van der Waals surface area contributed by atoms with Gasteiger partial charge in [0.1, 0.15) is 0 Å². The summed E-state index contributed by atoms with van der Waals surface area (Å²) < 4.78 is 16.0. The van der Waals surface area contributed by atoms with Crippen LogP contribution in [0.25, 0.3) is 0 Å². The van der Waals surface area contributed by atoms with Gasteiger partial charge in [-0.15, -0.1) is 12.4 Å². The molecular formula is C20H32ClN3O5. The van der Waals surface area contributed by atoms with Gasteiger partial charge in [-0.2, -0.15) is 0 Å². The summed E-state index contributed by atoms with van der Waals surface area (Å²) in [6, 6.07) is 2.84. The third-order valence-corrected chi connectivity index (χ3v) is 5.36. The molecule has 1 aliphatic heterocycles. The summed E-state index contributed by atoms with van der Waals surface area (Å²) in [6.07, 6.45) is 0.852. The van der Waals surface area contributed by atoms with E-state index in [-0.39, 0.29) is 30.1 Å². The van der Waals surface area contributed by atoms with Crippen molar-refractivity contribution < 1.29 is 23.8 Å². The van der Waals surface area contributed by atoms with Crippen molar-refractivity contribution in [2.45, 2.75) is 26.3 Å². The van der Waals surface area contributed by atoms with Gasteiger partial charge in [0.25, 0.3) is 5.91 Å². The van der Waals surface area contributed by atoms with E-state index in [0.717, 1.165) is 6.42 Å². The Morgan fingerprint density at radius 3 is 2.03 bits per heavy atom. The monoisotopic (exact) mass is 429 g/mol. The molecule has 1 fully saturated rings. The number of piperazine rings is 1. The zero-order chi connectivity index (χ0) is 20.8. The molecule has 8 nitrogen and oxygen atoms in total. The molecule has 2 unspecified atom stereocenters. The van der Waals surface area contributed by atoms with Crippen LogP contribution in [0, 0.1) is 5.92 Å². The number of nitrogens with two attached hydrogens (primary N) is 1. The third kappa shape index (κ3) is 5.25. The number of ether oxygens (including phenoxy) is 3. The minimum absolute atomic E-state index is 0. The van der Waals surface area contributed by atoms with Gasteiger partial charge in [-0.25, -0.2) is 0 Å². The van der Waals surface area contributed by atoms with E-state index in [4.69, 9.17) is 19.9 Å². The Morgan fingerprint density at radius 2 is 1.55 bits per heavy atom. The Morgan fingerprint density at radius 1 is 1.00 bits per heavy atom. The maximum atomic E-state index is 13.0. The van der Waals surface area contributed by atoms with Gasteiger partial charge >= 0.3 is 0 Å². The maximum Gasteiger partial charge on any atom is 0.257 e. The van der Waals surface area contributed by atoms with Gasteiger partial charge in [0.2, 0.25) is 11.7 Å². The van der Waals surface area contributed by atoms with Gasteiger partial charge in [-0.1, -0.05) is 20.3 Å². The third-order valence-electron chi connectivity index (χ3n) is 5.36. The topological polar surface area (TPSA) is 94.3 Å². The lowest BCUT2D eigenvalue weighted by Crippen LogP contribution is -2.55. The van der Waals surface area contributed by atoms with Crippen LogP contribution in [0.2, 0.25) is 0 Å². The lowest BCUT2D eigenvalue weighted by molar-refractivity contribution is -0.135. The molecule has 2 atom stereocenters. The summed E-state index contributed by atoms with van der Waals surface area (Å²) in [5.41, 5.74) is 6.47. The van der Waals surface area contributed by atoms with Crippen molar-refractivity contribution >= 4 is 24.2 Å². The molecule has 9 heteroatoms. The molecule has 2 N–H and O–H groups in total. The second-order valence-corrected chi connectivity index (χ2v) is 6.91. The molecular weight excluding hydrogens is 398 g/mol. The normalized spacial score (nSPS) is 15.8. The predicted molar refractivity (Wildman–Crippen MR) is 113 cm³/mol. The highest BCUT2D eigenvalue weighted by molar-refractivity contribution is 5.98. The Kier molecular flexibility index (Phi) is 9.52. The number of nitrogens with zero attached hydrogens (tertiary/aromatic N) is 2. The molecule has 0 aliphatic carbocycles. The van der Waals surface area contributed by atoms with Crippen LogP contribution in [0.1, 0.15) is 30.6 Å². The fraction of sp³-hybridized carbons (Fsp3) is 0.600. The standard InChI is InChI=1S/C20H31N3O5.ClH/c1-6-13(2)16(21)20(25)23-11-9-22(10-12-23)19(24)14-7-8-15(26-3)18(28-5)17(14)27-4;/h7-8,13,16H,6,9-12,21H2,1-5H3;1H. The SMILES string of the molecule is CCC(C)C(N)C(=O)N1CCN(C(=O)c2ccc(OC)c(OC)c2OC)CC1.Cl. The minimum atomic E-state index is -0.502. The molecule has 1 aromatic carbocycles. The number of carbonyl (C=O) groups excluding carboxylic acids is 2. The van der Waals surface area contributed by atoms with E-state index in [1.807, 2.05) is 13.8 Å². The first kappa shape index (κ1) is 24.8. The molecule has 0 saturated carbocycles. The molecule has 1 aromatic rings. The number of hydrogen-bond donors (Lipinski definition) is 1. The Hall–Kier alpha value is -2.19. The van der Waals surface area contributed by atoms with Gasteiger partial charge < -0.3 is 29.7 Å². The molecule has 0 spiro atoms. The molecule has 2 amide bonds. The van der Waals surface area contributed by atoms with E-state index in [2.05, 4.69) is 0 Å². The molecule has 164 valence electrons. The Bertz CT molecular complexity index is 708. The average molecular weight is 430 g/mol. The van der Waals surface area contributed by atoms with Crippen molar-refractivity contribution in [3.8, 4) is 17.2 Å². The lowest BCUT2D eigenvalue weighted by atomic mass is 9.98. The molecule has 1 aliphatic rings. The number of amides is 2. The van der Waals surface area contributed by atoms with Gasteiger partial charge in [-0.3, -0.25) is 9.59 Å². The van der Waals surface area contributed by atoms with Gasteiger partial charge in [0, 0.05) is 26.2 Å². The number of hydrogen-bond acceptors (Lipinski definition) is 6. The van der Waals surface area contributed by atoms with Gasteiger partial charge in [0.05, 0.1) is 32.9 Å². The number of halogens is 1. The zero-order valence-corrected chi connectivity index (χ0v) is 18.6. The molecule has 0 bridgehead atoms. The van der Waals surface area contributed by atoms with Crippen molar-refractivity contribution in [3.05, 3.63) is 17.7 Å². The smallest absolute Gasteiger partial charge is 0.257 e. The van der Waals surface area contributed by atoms with E-state index in [1.165, 1.54) is 21.3 Å². The summed E-state index contributed by atoms with van der Waals surface area (Å²) in [4.78, 5) is 29.0. The summed E-state index contributed by atoms with van der Waals surface area (Å²) >= 11 is 0. The van der Waals surface area contributed by atoms with Crippen molar-refractivity contribution in [2.24, 2.45) is 11.7 Å². The highest BCUT2D eigenvalue weighted by Gasteiger charge is 2.31. The minimum Gasteiger partial charge on any atom is -0.493 e. The molecule has 29 heavy (non-hydrogen) atoms. The van der Waals surface area contributed by atoms with Gasteiger partial charge in [-0.05, 0) is 18.1 Å². The average Bonchev–Trinajstić information content (AvgIpc) is 2.75. The van der Waals surface area contributed by atoms with Crippen molar-refractivity contribution in [3.63, 3.8) is 0 Å². The first-order valence-corrected chi connectivity index (χ1v) is 9.52. The fourth-order valence-electron chi connectivity index (χ4n) is 3.28. The van der Waals surface area contributed by atoms with Crippen molar-refractivity contribution in [2.75, 3.05) is 47.5 Å². The second-order valence-electron chi connectivity index (χ2n) is 6.91. The van der Waals surface area contributed by atoms with E-state index in [0.29, 0.717) is 49.0 Å². The molecule has 0 radical (unpaired) electrons. The number of benzene rings is 1. The predicted octanol–water partition coefficient (Wildman–Crippen LogP) is 1.79. The van der Waals surface area contributed by atoms with Crippen LogP contribution in [-0.4, -0.2) is 75.2 Å². The highest BCUT2D eigenvalue weighted by atomic mass is 35.5. The van der Waals surface area contributed by atoms with Crippen LogP contribution >= 0.6 is 12.4 Å². The van der Waals surface area contributed by atoms with E-state index in [1.54, 1.807) is 21.9 Å². The van der Waals surface area contributed by atoms with Crippen molar-refractivity contribution in [1.82, 2.24) is 9.80 Å². The summed E-state index contributed by atoms with van der Waals surface area (Å²) in [7, 11) is 4.51. The van der Waals surface area contributed by atoms with Crippen LogP contribution < -0.4 is 19.9 Å². The molecule has 2 rings (SSSR count). The number of rotatable bonds is 7. The quantitative estimate of drug-likeness (QED) is 0.710. The first-order valence-electron chi connectivity index (χ1n) is 9.52. The maximum absolute atomic E-state index is 13.0. The molecule has 0 aromatic heterocycles. The van der Waals surface area contributed by atoms with E-state index >= 15 is 0 Å². The van der Waals surface area contributed by atoms with E-state index in [9.17, 15) is 9.59 Å². The van der Waals surface area contributed by atoms with Crippen LogP contribution in [0.3, 0.4) is 0 Å². The van der Waals surface area contributed by atoms with Crippen molar-refractivity contribution in [1.29, 1.82) is 0 Å². The lowest BCUT2D eigenvalue weighted by Gasteiger charge is -2.37. The molecule has 1 heterocycles. The largest absolute Gasteiger partial charge is 0.493 e. The molecule has 1 saturated heterocycles. The van der Waals surface area contributed by atoms with Crippen LogP contribution in [0.5, 0.6) is 17.2 Å². The zero-order valence-electron chi connectivity index (χ0n) is 17.8. The van der Waals surface area contributed by atoms with Crippen LogP contribution in [0.4, 0.5) is 0 Å². The van der Waals surface area contributed by atoms with Gasteiger partial charge in [0.15, 0.2) is 11.5 Å². The first-order chi connectivity index (χ1) is 13.4.